The second kappa shape index (κ2) is 12.6. The number of Topliss-reactive ketones (excluding diaryl/α,β-unsaturated/α-hetero) is 1. The number of ketones is 1. The summed E-state index contributed by atoms with van der Waals surface area (Å²) in [5, 5.41) is 0.599. The Balaban J connectivity index is 1.24. The summed E-state index contributed by atoms with van der Waals surface area (Å²) in [5.74, 6) is -0.273. The van der Waals surface area contributed by atoms with Crippen molar-refractivity contribution in [2.45, 2.75) is 50.5 Å². The number of carbonyl (C=O) groups is 4. The van der Waals surface area contributed by atoms with Gasteiger partial charge < -0.3 is 19.4 Å². The lowest BCUT2D eigenvalue weighted by atomic mass is 9.86. The van der Waals surface area contributed by atoms with E-state index in [2.05, 4.69) is 0 Å². The monoisotopic (exact) mass is 583 g/mol. The van der Waals surface area contributed by atoms with Gasteiger partial charge in [-0.25, -0.2) is 9.18 Å². The van der Waals surface area contributed by atoms with Gasteiger partial charge in [-0.3, -0.25) is 14.4 Å². The molecule has 5 rings (SSSR count). The second-order valence-corrected chi connectivity index (χ2v) is 11.8. The Labute approximate surface area is 244 Å². The Bertz CT molecular complexity index is 1270. The molecule has 2 heterocycles. The Morgan fingerprint density at radius 3 is 2.07 bits per heavy atom. The van der Waals surface area contributed by atoms with Crippen LogP contribution >= 0.6 is 11.6 Å². The number of piperidine rings is 1. The summed E-state index contributed by atoms with van der Waals surface area (Å²) in [6, 6.07) is 12.3. The molecule has 0 bridgehead atoms. The van der Waals surface area contributed by atoms with E-state index in [0.29, 0.717) is 69.7 Å². The minimum Gasteiger partial charge on any atom is -0.410 e. The first-order valence-corrected chi connectivity index (χ1v) is 14.6. The lowest BCUT2D eigenvalue weighted by Gasteiger charge is -2.35. The van der Waals surface area contributed by atoms with Crippen LogP contribution in [0.25, 0.3) is 0 Å². The zero-order chi connectivity index (χ0) is 29.1. The van der Waals surface area contributed by atoms with Gasteiger partial charge in [0.25, 0.3) is 0 Å². The Morgan fingerprint density at radius 2 is 1.44 bits per heavy atom. The highest BCUT2D eigenvalue weighted by Crippen LogP contribution is 2.34. The molecule has 2 saturated heterocycles. The van der Waals surface area contributed by atoms with Gasteiger partial charge in [0.2, 0.25) is 11.8 Å². The summed E-state index contributed by atoms with van der Waals surface area (Å²) >= 11 is 6.12. The highest BCUT2D eigenvalue weighted by Gasteiger charge is 2.43. The molecule has 1 aliphatic carbocycles. The normalized spacial score (nSPS) is 22.1. The van der Waals surface area contributed by atoms with Crippen LogP contribution in [0.5, 0.6) is 5.75 Å². The highest BCUT2D eigenvalue weighted by molar-refractivity contribution is 6.30. The first kappa shape index (κ1) is 29.0. The maximum Gasteiger partial charge on any atom is 0.415 e. The summed E-state index contributed by atoms with van der Waals surface area (Å²) in [6.45, 7) is 1.84. The third-order valence-electron chi connectivity index (χ3n) is 8.75. The van der Waals surface area contributed by atoms with Gasteiger partial charge in [0.1, 0.15) is 17.3 Å². The molecule has 1 saturated carbocycles. The quantitative estimate of drug-likeness (QED) is 0.500. The molecular weight excluding hydrogens is 549 g/mol. The molecule has 3 aliphatic rings. The van der Waals surface area contributed by atoms with Gasteiger partial charge in [0.15, 0.2) is 0 Å². The number of likely N-dealkylation sites (N-methyl/N-ethyl adjacent to an activating group) is 1. The Hall–Kier alpha value is -3.46. The molecule has 218 valence electrons. The third kappa shape index (κ3) is 6.72. The van der Waals surface area contributed by atoms with E-state index in [4.69, 9.17) is 16.3 Å². The number of amides is 3. The molecule has 0 N–H and O–H groups in total. The molecule has 0 spiro atoms. The van der Waals surface area contributed by atoms with E-state index in [0.717, 1.165) is 5.56 Å². The van der Waals surface area contributed by atoms with E-state index in [9.17, 15) is 23.6 Å². The van der Waals surface area contributed by atoms with Crippen LogP contribution < -0.4 is 4.74 Å². The maximum absolute atomic E-state index is 13.7. The minimum absolute atomic E-state index is 0.0297. The average molecular weight is 584 g/mol. The van der Waals surface area contributed by atoms with Gasteiger partial charge in [-0.05, 0) is 67.6 Å². The van der Waals surface area contributed by atoms with E-state index >= 15 is 0 Å². The van der Waals surface area contributed by atoms with E-state index in [-0.39, 0.29) is 47.1 Å². The molecule has 0 radical (unpaired) electrons. The molecular formula is C31H35ClFN3O5. The summed E-state index contributed by atoms with van der Waals surface area (Å²) < 4.78 is 18.8. The summed E-state index contributed by atoms with van der Waals surface area (Å²) in [5.41, 5.74) is 0.961. The van der Waals surface area contributed by atoms with Crippen molar-refractivity contribution in [1.29, 1.82) is 0 Å². The summed E-state index contributed by atoms with van der Waals surface area (Å²) in [6.07, 6.45) is 2.77. The fourth-order valence-electron chi connectivity index (χ4n) is 6.26. The van der Waals surface area contributed by atoms with Crippen LogP contribution in [0.2, 0.25) is 5.02 Å². The van der Waals surface area contributed by atoms with Gasteiger partial charge in [0.05, 0.1) is 6.04 Å². The Kier molecular flexibility index (Phi) is 8.92. The van der Waals surface area contributed by atoms with Crippen LogP contribution in [0.1, 0.15) is 50.0 Å². The third-order valence-corrected chi connectivity index (χ3v) is 9.00. The summed E-state index contributed by atoms with van der Waals surface area (Å²) in [7, 11) is 1.65. The molecule has 0 aromatic heterocycles. The van der Waals surface area contributed by atoms with Crippen LogP contribution in [-0.4, -0.2) is 77.7 Å². The van der Waals surface area contributed by atoms with Crippen molar-refractivity contribution in [3.8, 4) is 5.75 Å². The standard InChI is InChI=1S/C31H35ClFN3O5/c1-34(31(40)41-26-12-8-24(33)9-13-26)28-19-36(18-27(28)20-2-6-23(32)7-3-20)30(39)22-14-16-35(17-15-22)29(38)21-4-10-25(37)11-5-21/h2-3,6-9,12-13,21-22,27-28H,4-5,10-11,14-19H2,1H3/t27-,28+/m0/s1. The van der Waals surface area contributed by atoms with E-state index in [1.165, 1.54) is 29.2 Å². The highest BCUT2D eigenvalue weighted by atomic mass is 35.5. The molecule has 0 unspecified atom stereocenters. The number of halogens is 2. The predicted molar refractivity (Wildman–Crippen MR) is 151 cm³/mol. The fraction of sp³-hybridized carbons (Fsp3) is 0.484. The van der Waals surface area contributed by atoms with Gasteiger partial charge in [-0.1, -0.05) is 23.7 Å². The maximum atomic E-state index is 13.7. The van der Waals surface area contributed by atoms with Crippen LogP contribution in [0.3, 0.4) is 0 Å². The van der Waals surface area contributed by atoms with Gasteiger partial charge >= 0.3 is 6.09 Å². The zero-order valence-corrected chi connectivity index (χ0v) is 23.9. The summed E-state index contributed by atoms with van der Waals surface area (Å²) in [4.78, 5) is 56.5. The molecule has 8 nitrogen and oxygen atoms in total. The number of rotatable bonds is 5. The van der Waals surface area contributed by atoms with E-state index < -0.39 is 11.9 Å². The van der Waals surface area contributed by atoms with Gasteiger partial charge in [-0.15, -0.1) is 0 Å². The van der Waals surface area contributed by atoms with Crippen LogP contribution in [0.4, 0.5) is 9.18 Å². The SMILES string of the molecule is CN(C(=O)Oc1ccc(F)cc1)[C@@H]1CN(C(=O)C2CCN(C(=O)C3CCC(=O)CC3)CC2)C[C@H]1c1ccc(Cl)cc1. The zero-order valence-electron chi connectivity index (χ0n) is 23.1. The number of hydrogen-bond donors (Lipinski definition) is 0. The molecule has 41 heavy (non-hydrogen) atoms. The second-order valence-electron chi connectivity index (χ2n) is 11.3. The van der Waals surface area contributed by atoms with E-state index in [1.54, 1.807) is 19.2 Å². The smallest absolute Gasteiger partial charge is 0.410 e. The molecule has 2 aliphatic heterocycles. The number of likely N-dealkylation sites (tertiary alicyclic amines) is 2. The van der Waals surface area contributed by atoms with Crippen molar-refractivity contribution in [1.82, 2.24) is 14.7 Å². The van der Waals surface area contributed by atoms with Crippen LogP contribution in [-0.2, 0) is 14.4 Å². The molecule has 2 aromatic carbocycles. The van der Waals surface area contributed by atoms with Crippen molar-refractivity contribution >= 4 is 35.3 Å². The minimum atomic E-state index is -0.592. The fourth-order valence-corrected chi connectivity index (χ4v) is 6.38. The Morgan fingerprint density at radius 1 is 0.854 bits per heavy atom. The first-order valence-electron chi connectivity index (χ1n) is 14.2. The molecule has 3 amide bonds. The molecule has 2 atom stereocenters. The average Bonchev–Trinajstić information content (AvgIpc) is 3.43. The van der Waals surface area contributed by atoms with Crippen LogP contribution in [0, 0.1) is 17.7 Å². The number of carbonyl (C=O) groups excluding carboxylic acids is 4. The van der Waals surface area contributed by atoms with Crippen molar-refractivity contribution < 1.29 is 28.3 Å². The van der Waals surface area contributed by atoms with E-state index in [1.807, 2.05) is 21.9 Å². The number of nitrogens with zero attached hydrogens (tertiary/aromatic N) is 3. The topological polar surface area (TPSA) is 87.2 Å². The molecule has 2 aromatic rings. The number of ether oxygens (including phenoxy) is 1. The van der Waals surface area contributed by atoms with Crippen molar-refractivity contribution in [2.24, 2.45) is 11.8 Å². The van der Waals surface area contributed by atoms with Crippen LogP contribution in [0.15, 0.2) is 48.5 Å². The van der Waals surface area contributed by atoms with Crippen molar-refractivity contribution in [2.75, 3.05) is 33.2 Å². The molecule has 10 heteroatoms. The van der Waals surface area contributed by atoms with Crippen molar-refractivity contribution in [3.63, 3.8) is 0 Å². The lowest BCUT2D eigenvalue weighted by Crippen LogP contribution is -2.47. The lowest BCUT2D eigenvalue weighted by molar-refractivity contribution is -0.143. The number of benzene rings is 2. The van der Waals surface area contributed by atoms with Gasteiger partial charge in [0, 0.05) is 68.8 Å². The predicted octanol–water partition coefficient (Wildman–Crippen LogP) is 4.90. The van der Waals surface area contributed by atoms with Gasteiger partial charge in [-0.2, -0.15) is 0 Å². The first-order chi connectivity index (χ1) is 19.7. The van der Waals surface area contributed by atoms with Crippen molar-refractivity contribution in [3.05, 3.63) is 64.9 Å². The molecule has 3 fully saturated rings. The number of hydrogen-bond acceptors (Lipinski definition) is 5. The largest absolute Gasteiger partial charge is 0.415 e.